The molecular formula is C20H25N3O5. The van der Waals surface area contributed by atoms with E-state index in [9.17, 15) is 14.4 Å². The molecule has 0 bridgehead atoms. The van der Waals surface area contributed by atoms with Gasteiger partial charge in [-0.05, 0) is 24.1 Å². The van der Waals surface area contributed by atoms with Crippen molar-refractivity contribution < 1.29 is 23.9 Å². The highest BCUT2D eigenvalue weighted by Crippen LogP contribution is 2.27. The summed E-state index contributed by atoms with van der Waals surface area (Å²) in [6.45, 7) is 2.47. The average molecular weight is 387 g/mol. The smallest absolute Gasteiger partial charge is 0.407 e. The number of fused-ring (bicyclic) bond motifs is 1. The Morgan fingerprint density at radius 1 is 1.25 bits per heavy atom. The van der Waals surface area contributed by atoms with Crippen LogP contribution in [0.5, 0.6) is 5.75 Å². The van der Waals surface area contributed by atoms with Crippen LogP contribution in [-0.4, -0.2) is 67.1 Å². The number of rotatable bonds is 4. The molecule has 0 aromatic heterocycles. The number of benzene rings is 1. The molecule has 0 unspecified atom stereocenters. The van der Waals surface area contributed by atoms with E-state index in [0.717, 1.165) is 17.7 Å². The minimum atomic E-state index is -0.419. The van der Waals surface area contributed by atoms with E-state index in [4.69, 9.17) is 9.47 Å². The number of hydrogen-bond donors (Lipinski definition) is 1. The molecule has 8 nitrogen and oxygen atoms in total. The van der Waals surface area contributed by atoms with Gasteiger partial charge in [0.25, 0.3) is 0 Å². The SMILES string of the molecule is COc1ccc(CN2C[C@@H](C(=O)N3CC[C@@H]4COC(=O)N[C@H]4C3)CC2=O)cc1. The monoisotopic (exact) mass is 387 g/mol. The standard InChI is InChI=1S/C20H25N3O5/c1-27-16-4-2-13(3-5-16)9-23-10-15(8-18(23)24)19(25)22-7-6-14-12-28-20(26)21-17(14)11-22/h2-5,14-15,17H,6-12H2,1H3,(H,21,26)/t14-,15+,17+/m1/s1. The van der Waals surface area contributed by atoms with Gasteiger partial charge in [0.2, 0.25) is 11.8 Å². The largest absolute Gasteiger partial charge is 0.497 e. The molecule has 1 N–H and O–H groups in total. The van der Waals surface area contributed by atoms with Gasteiger partial charge in [0.1, 0.15) is 5.75 Å². The van der Waals surface area contributed by atoms with Crippen LogP contribution in [0.1, 0.15) is 18.4 Å². The minimum Gasteiger partial charge on any atom is -0.497 e. The molecule has 8 heteroatoms. The molecule has 3 fully saturated rings. The zero-order chi connectivity index (χ0) is 19.7. The quantitative estimate of drug-likeness (QED) is 0.833. The second kappa shape index (κ2) is 7.69. The van der Waals surface area contributed by atoms with Crippen molar-refractivity contribution in [1.82, 2.24) is 15.1 Å². The Kier molecular flexibility index (Phi) is 5.11. The third-order valence-electron chi connectivity index (χ3n) is 5.90. The maximum Gasteiger partial charge on any atom is 0.407 e. The number of cyclic esters (lactones) is 1. The summed E-state index contributed by atoms with van der Waals surface area (Å²) in [4.78, 5) is 40.4. The van der Waals surface area contributed by atoms with Gasteiger partial charge in [0.05, 0.1) is 25.7 Å². The molecule has 150 valence electrons. The molecule has 0 aliphatic carbocycles. The number of nitrogens with one attached hydrogen (secondary N) is 1. The molecule has 3 atom stereocenters. The summed E-state index contributed by atoms with van der Waals surface area (Å²) in [7, 11) is 1.61. The second-order valence-corrected chi connectivity index (χ2v) is 7.71. The molecule has 3 aliphatic rings. The molecule has 0 saturated carbocycles. The number of ether oxygens (including phenoxy) is 2. The van der Waals surface area contributed by atoms with Gasteiger partial charge >= 0.3 is 6.09 Å². The maximum absolute atomic E-state index is 13.0. The summed E-state index contributed by atoms with van der Waals surface area (Å²) in [5.41, 5.74) is 1.01. The van der Waals surface area contributed by atoms with Crippen LogP contribution in [0.4, 0.5) is 4.79 Å². The van der Waals surface area contributed by atoms with Crippen LogP contribution in [-0.2, 0) is 20.9 Å². The van der Waals surface area contributed by atoms with E-state index < -0.39 is 6.09 Å². The maximum atomic E-state index is 13.0. The number of methoxy groups -OCH3 is 1. The summed E-state index contributed by atoms with van der Waals surface area (Å²) in [6, 6.07) is 7.53. The van der Waals surface area contributed by atoms with Gasteiger partial charge < -0.3 is 24.6 Å². The van der Waals surface area contributed by atoms with Gasteiger partial charge in [0, 0.05) is 38.5 Å². The van der Waals surface area contributed by atoms with E-state index in [-0.39, 0.29) is 36.1 Å². The van der Waals surface area contributed by atoms with Crippen LogP contribution < -0.4 is 10.1 Å². The molecule has 3 amide bonds. The predicted molar refractivity (Wildman–Crippen MR) is 99.5 cm³/mol. The predicted octanol–water partition coefficient (Wildman–Crippen LogP) is 1.00. The first-order chi connectivity index (χ1) is 13.5. The average Bonchev–Trinajstić information content (AvgIpc) is 3.07. The number of amides is 3. The van der Waals surface area contributed by atoms with E-state index >= 15 is 0 Å². The van der Waals surface area contributed by atoms with Crippen molar-refractivity contribution in [1.29, 1.82) is 0 Å². The Hall–Kier alpha value is -2.77. The number of alkyl carbamates (subject to hydrolysis) is 1. The first-order valence-corrected chi connectivity index (χ1v) is 9.66. The van der Waals surface area contributed by atoms with Crippen LogP contribution in [0, 0.1) is 11.8 Å². The van der Waals surface area contributed by atoms with Crippen molar-refractivity contribution >= 4 is 17.9 Å². The summed E-state index contributed by atoms with van der Waals surface area (Å²) in [5, 5.41) is 2.81. The van der Waals surface area contributed by atoms with Crippen molar-refractivity contribution in [2.45, 2.75) is 25.4 Å². The normalized spacial score (nSPS) is 27.1. The first-order valence-electron chi connectivity index (χ1n) is 9.66. The van der Waals surface area contributed by atoms with Crippen molar-refractivity contribution in [2.75, 3.05) is 33.4 Å². The Bertz CT molecular complexity index is 766. The highest BCUT2D eigenvalue weighted by Gasteiger charge is 2.41. The second-order valence-electron chi connectivity index (χ2n) is 7.71. The van der Waals surface area contributed by atoms with Crippen LogP contribution in [0.25, 0.3) is 0 Å². The van der Waals surface area contributed by atoms with E-state index in [1.54, 1.807) is 16.9 Å². The van der Waals surface area contributed by atoms with Crippen LogP contribution >= 0.6 is 0 Å². The molecule has 3 heterocycles. The van der Waals surface area contributed by atoms with Gasteiger partial charge in [-0.3, -0.25) is 9.59 Å². The van der Waals surface area contributed by atoms with E-state index in [0.29, 0.717) is 32.8 Å². The molecule has 1 aromatic carbocycles. The van der Waals surface area contributed by atoms with E-state index in [1.807, 2.05) is 24.3 Å². The van der Waals surface area contributed by atoms with Crippen molar-refractivity contribution in [3.63, 3.8) is 0 Å². The summed E-state index contributed by atoms with van der Waals surface area (Å²) >= 11 is 0. The molecule has 3 saturated heterocycles. The highest BCUT2D eigenvalue weighted by molar-refractivity contribution is 5.89. The Balaban J connectivity index is 1.35. The third-order valence-corrected chi connectivity index (χ3v) is 5.90. The summed E-state index contributed by atoms with van der Waals surface area (Å²) < 4.78 is 10.2. The zero-order valence-electron chi connectivity index (χ0n) is 15.9. The minimum absolute atomic E-state index is 0.00317. The number of carbonyl (C=O) groups excluding carboxylic acids is 3. The van der Waals surface area contributed by atoms with Gasteiger partial charge in [0.15, 0.2) is 0 Å². The number of hydrogen-bond acceptors (Lipinski definition) is 5. The third kappa shape index (κ3) is 3.76. The fraction of sp³-hybridized carbons (Fsp3) is 0.550. The first kappa shape index (κ1) is 18.6. The molecule has 0 radical (unpaired) electrons. The van der Waals surface area contributed by atoms with Crippen molar-refractivity contribution in [2.24, 2.45) is 11.8 Å². The van der Waals surface area contributed by atoms with Gasteiger partial charge in [-0.1, -0.05) is 12.1 Å². The lowest BCUT2D eigenvalue weighted by molar-refractivity contribution is -0.138. The van der Waals surface area contributed by atoms with E-state index in [2.05, 4.69) is 5.32 Å². The molecule has 1 aromatic rings. The lowest BCUT2D eigenvalue weighted by Crippen LogP contribution is -2.59. The van der Waals surface area contributed by atoms with Gasteiger partial charge in [-0.15, -0.1) is 0 Å². The number of piperidine rings is 1. The van der Waals surface area contributed by atoms with Gasteiger partial charge in [-0.25, -0.2) is 4.79 Å². The highest BCUT2D eigenvalue weighted by atomic mass is 16.6. The Morgan fingerprint density at radius 3 is 2.79 bits per heavy atom. The fourth-order valence-corrected chi connectivity index (χ4v) is 4.24. The molecule has 4 rings (SSSR count). The topological polar surface area (TPSA) is 88.2 Å². The van der Waals surface area contributed by atoms with Crippen molar-refractivity contribution in [3.05, 3.63) is 29.8 Å². The zero-order valence-corrected chi connectivity index (χ0v) is 15.9. The molecule has 0 spiro atoms. The molecular weight excluding hydrogens is 362 g/mol. The summed E-state index contributed by atoms with van der Waals surface area (Å²) in [5.74, 6) is 0.706. The number of nitrogens with zero attached hydrogens (tertiary/aromatic N) is 2. The van der Waals surface area contributed by atoms with E-state index in [1.165, 1.54) is 0 Å². The summed E-state index contributed by atoms with van der Waals surface area (Å²) in [6.07, 6.45) is 0.624. The van der Waals surface area contributed by atoms with Crippen LogP contribution in [0.2, 0.25) is 0 Å². The van der Waals surface area contributed by atoms with Gasteiger partial charge in [-0.2, -0.15) is 0 Å². The number of likely N-dealkylation sites (tertiary alicyclic amines) is 2. The van der Waals surface area contributed by atoms with Crippen LogP contribution in [0.15, 0.2) is 24.3 Å². The lowest BCUT2D eigenvalue weighted by atomic mass is 9.90. The fourth-order valence-electron chi connectivity index (χ4n) is 4.24. The van der Waals surface area contributed by atoms with Crippen LogP contribution in [0.3, 0.4) is 0 Å². The lowest BCUT2D eigenvalue weighted by Gasteiger charge is -2.41. The molecule has 3 aliphatic heterocycles. The Labute approximate surface area is 163 Å². The Morgan fingerprint density at radius 2 is 2.04 bits per heavy atom. The molecule has 28 heavy (non-hydrogen) atoms. The number of carbonyl (C=O) groups is 3. The van der Waals surface area contributed by atoms with Crippen molar-refractivity contribution in [3.8, 4) is 5.75 Å².